The van der Waals surface area contributed by atoms with Gasteiger partial charge in [0.2, 0.25) is 0 Å². The third kappa shape index (κ3) is 4.53. The Hall–Kier alpha value is -0.450. The zero-order valence-electron chi connectivity index (χ0n) is 23.8. The number of carbonyl (C=O) groups is 1. The number of rotatable bonds is 11. The summed E-state index contributed by atoms with van der Waals surface area (Å²) in [4.78, 5) is 10.6. The normalized spacial score (nSPS) is 46.9. The van der Waals surface area contributed by atoms with Crippen LogP contribution < -0.4 is 0 Å². The van der Waals surface area contributed by atoms with E-state index in [1.54, 1.807) is 0 Å². The molecule has 4 nitrogen and oxygen atoms in total. The van der Waals surface area contributed by atoms with Crippen molar-refractivity contribution in [1.29, 1.82) is 0 Å². The minimum atomic E-state index is -0.570. The number of hydrogen-bond acceptors (Lipinski definition) is 4. The van der Waals surface area contributed by atoms with E-state index in [0.717, 1.165) is 54.6 Å². The molecule has 4 heteroatoms. The van der Waals surface area contributed by atoms with Gasteiger partial charge in [0.25, 0.3) is 0 Å². The molecule has 1 spiro atoms. The summed E-state index contributed by atoms with van der Waals surface area (Å²) in [5, 5.41) is 9.87. The summed E-state index contributed by atoms with van der Waals surface area (Å²) in [6.07, 6.45) is 16.2. The molecular weight excluding hydrogens is 448 g/mol. The maximum Gasteiger partial charge on any atom is 0.122 e. The average molecular weight is 503 g/mol. The molecule has 5 fully saturated rings. The Labute approximate surface area is 220 Å². The Bertz CT molecular complexity index is 782. The fourth-order valence-corrected chi connectivity index (χ4v) is 10.4. The molecule has 0 aromatic rings. The summed E-state index contributed by atoms with van der Waals surface area (Å²) in [6.45, 7) is 13.1. The van der Waals surface area contributed by atoms with Gasteiger partial charge in [0, 0.05) is 24.9 Å². The largest absolute Gasteiger partial charge is 0.393 e. The fraction of sp³-hybridized carbons (Fsp3) is 0.969. The van der Waals surface area contributed by atoms with E-state index < -0.39 is 6.10 Å². The third-order valence-electron chi connectivity index (χ3n) is 12.4. The number of aliphatic hydroxyl groups is 1. The van der Waals surface area contributed by atoms with Crippen LogP contribution in [-0.2, 0) is 14.3 Å². The van der Waals surface area contributed by atoms with Crippen molar-refractivity contribution in [3.63, 3.8) is 0 Å². The van der Waals surface area contributed by atoms with Crippen molar-refractivity contribution in [3.8, 4) is 0 Å². The molecule has 206 valence electrons. The Balaban J connectivity index is 1.22. The first-order valence-electron chi connectivity index (χ1n) is 15.6. The lowest BCUT2D eigenvalue weighted by Crippen LogP contribution is -2.58. The standard InChI is InChI=1S/C32H54O4/c1-21(2)7-6-8-22(3)26-9-10-27-25-19-29-32(36-29)20-24(35-18-14-23(34)13-17-33)11-16-31(32,5)28(25)12-15-30(26,27)4/h17,21-29,34H,6-16,18-20H2,1-5H3/t22-,23?,24+,25+,26-,27+,28+,29?,30-,31-,32?/m1/s1. The average Bonchev–Trinajstić information content (AvgIpc) is 3.40. The molecule has 0 amide bonds. The zero-order valence-corrected chi connectivity index (χ0v) is 23.8. The van der Waals surface area contributed by atoms with Crippen molar-refractivity contribution >= 4 is 6.29 Å². The minimum Gasteiger partial charge on any atom is -0.393 e. The van der Waals surface area contributed by atoms with Crippen LogP contribution in [0.3, 0.4) is 0 Å². The minimum absolute atomic E-state index is 0.0361. The van der Waals surface area contributed by atoms with Crippen LogP contribution in [0, 0.1) is 46.3 Å². The summed E-state index contributed by atoms with van der Waals surface area (Å²) in [5.74, 6) is 5.15. The van der Waals surface area contributed by atoms with E-state index in [4.69, 9.17) is 9.47 Å². The van der Waals surface area contributed by atoms with Gasteiger partial charge in [-0.1, -0.05) is 53.9 Å². The topological polar surface area (TPSA) is 59.1 Å². The van der Waals surface area contributed by atoms with Crippen molar-refractivity contribution in [3.05, 3.63) is 0 Å². The molecule has 36 heavy (non-hydrogen) atoms. The number of carbonyl (C=O) groups excluding carboxylic acids is 1. The lowest BCUT2D eigenvalue weighted by molar-refractivity contribution is -0.126. The second-order valence-electron chi connectivity index (χ2n) is 14.6. The Kier molecular flexibility index (Phi) is 7.74. The molecule has 1 heterocycles. The van der Waals surface area contributed by atoms with Gasteiger partial charge in [0.1, 0.15) is 11.9 Å². The van der Waals surface area contributed by atoms with Gasteiger partial charge in [-0.05, 0) is 92.3 Å². The summed E-state index contributed by atoms with van der Waals surface area (Å²) < 4.78 is 13.0. The van der Waals surface area contributed by atoms with Gasteiger partial charge < -0.3 is 19.4 Å². The predicted molar refractivity (Wildman–Crippen MR) is 144 cm³/mol. The monoisotopic (exact) mass is 502 g/mol. The van der Waals surface area contributed by atoms with Crippen molar-refractivity contribution in [2.45, 2.75) is 142 Å². The van der Waals surface area contributed by atoms with Crippen LogP contribution in [0.1, 0.15) is 118 Å². The quantitative estimate of drug-likeness (QED) is 0.245. The molecule has 5 rings (SSSR count). The lowest BCUT2D eigenvalue weighted by atomic mass is 9.44. The molecule has 0 radical (unpaired) electrons. The molecule has 5 aliphatic rings. The number of fused-ring (bicyclic) bond motifs is 4. The summed E-state index contributed by atoms with van der Waals surface area (Å²) in [5.41, 5.74) is 0.862. The van der Waals surface area contributed by atoms with Crippen LogP contribution in [0.2, 0.25) is 0 Å². The summed E-state index contributed by atoms with van der Waals surface area (Å²) in [7, 11) is 0. The predicted octanol–water partition coefficient (Wildman–Crippen LogP) is 6.96. The number of epoxide rings is 1. The van der Waals surface area contributed by atoms with Gasteiger partial charge in [0.05, 0.1) is 18.3 Å². The molecule has 11 atom stereocenters. The number of ether oxygens (including phenoxy) is 2. The van der Waals surface area contributed by atoms with Crippen LogP contribution in [0.5, 0.6) is 0 Å². The highest BCUT2D eigenvalue weighted by Crippen LogP contribution is 2.74. The van der Waals surface area contributed by atoms with Crippen molar-refractivity contribution < 1.29 is 19.4 Å². The molecule has 1 N–H and O–H groups in total. The first kappa shape index (κ1) is 27.1. The van der Waals surface area contributed by atoms with E-state index in [1.807, 2.05) is 0 Å². The maximum absolute atomic E-state index is 10.6. The second kappa shape index (κ2) is 10.3. The SMILES string of the molecule is CC(C)CCC[C@@H](C)[C@H]1CC[C@H]2[C@@H]3CC4OC45C[C@@H](OCCC(O)CC=O)CC[C@]5(C)[C@H]3CC[C@]12C. The lowest BCUT2D eigenvalue weighted by Gasteiger charge is -2.59. The van der Waals surface area contributed by atoms with Crippen molar-refractivity contribution in [1.82, 2.24) is 0 Å². The highest BCUT2D eigenvalue weighted by molar-refractivity contribution is 5.49. The number of hydrogen-bond donors (Lipinski definition) is 1. The number of aliphatic hydroxyl groups excluding tert-OH is 1. The van der Waals surface area contributed by atoms with Gasteiger partial charge in [-0.2, -0.15) is 0 Å². The van der Waals surface area contributed by atoms with Gasteiger partial charge in [0.15, 0.2) is 0 Å². The zero-order chi connectivity index (χ0) is 25.7. The van der Waals surface area contributed by atoms with Gasteiger partial charge in [-0.15, -0.1) is 0 Å². The first-order chi connectivity index (χ1) is 17.1. The molecule has 4 aliphatic carbocycles. The Morgan fingerprint density at radius 1 is 1.03 bits per heavy atom. The van der Waals surface area contributed by atoms with Gasteiger partial charge in [-0.25, -0.2) is 0 Å². The molecule has 3 unspecified atom stereocenters. The highest BCUT2D eigenvalue weighted by atomic mass is 16.6. The fourth-order valence-electron chi connectivity index (χ4n) is 10.4. The molecule has 4 saturated carbocycles. The summed E-state index contributed by atoms with van der Waals surface area (Å²) in [6, 6.07) is 0. The Morgan fingerprint density at radius 2 is 1.83 bits per heavy atom. The summed E-state index contributed by atoms with van der Waals surface area (Å²) >= 11 is 0. The van der Waals surface area contributed by atoms with Crippen molar-refractivity contribution in [2.24, 2.45) is 46.3 Å². The molecule has 0 bridgehead atoms. The van der Waals surface area contributed by atoms with Gasteiger partial charge in [-0.3, -0.25) is 0 Å². The van der Waals surface area contributed by atoms with Crippen LogP contribution >= 0.6 is 0 Å². The molecular formula is C32H54O4. The van der Waals surface area contributed by atoms with E-state index in [2.05, 4.69) is 34.6 Å². The van der Waals surface area contributed by atoms with Crippen LogP contribution in [0.25, 0.3) is 0 Å². The van der Waals surface area contributed by atoms with E-state index in [-0.39, 0.29) is 18.1 Å². The van der Waals surface area contributed by atoms with E-state index in [1.165, 1.54) is 57.8 Å². The molecule has 0 aromatic carbocycles. The van der Waals surface area contributed by atoms with Crippen LogP contribution in [0.15, 0.2) is 0 Å². The van der Waals surface area contributed by atoms with Gasteiger partial charge >= 0.3 is 0 Å². The van der Waals surface area contributed by atoms with Crippen LogP contribution in [0.4, 0.5) is 0 Å². The first-order valence-corrected chi connectivity index (χ1v) is 15.6. The third-order valence-corrected chi connectivity index (χ3v) is 12.4. The maximum atomic E-state index is 10.6. The van der Waals surface area contributed by atoms with Crippen LogP contribution in [-0.4, -0.2) is 41.9 Å². The highest BCUT2D eigenvalue weighted by Gasteiger charge is 2.76. The second-order valence-corrected chi connectivity index (χ2v) is 14.6. The smallest absolute Gasteiger partial charge is 0.122 e. The number of aldehydes is 1. The molecule has 0 aromatic heterocycles. The Morgan fingerprint density at radius 3 is 2.58 bits per heavy atom. The molecule has 1 saturated heterocycles. The van der Waals surface area contributed by atoms with E-state index in [9.17, 15) is 9.90 Å². The van der Waals surface area contributed by atoms with E-state index >= 15 is 0 Å². The molecule has 1 aliphatic heterocycles. The van der Waals surface area contributed by atoms with Crippen molar-refractivity contribution in [2.75, 3.05) is 6.61 Å². The van der Waals surface area contributed by atoms with E-state index in [0.29, 0.717) is 30.0 Å².